The number of methoxy groups -OCH3 is 2. The van der Waals surface area contributed by atoms with Gasteiger partial charge in [0, 0.05) is 26.5 Å². The van der Waals surface area contributed by atoms with Gasteiger partial charge in [0.15, 0.2) is 0 Å². The molecular formula is C13H19N3O2. The van der Waals surface area contributed by atoms with Gasteiger partial charge in [-0.25, -0.2) is 4.98 Å². The van der Waals surface area contributed by atoms with Crippen LogP contribution in [-0.2, 0) is 9.47 Å². The molecule has 0 spiro atoms. The normalized spacial score (nSPS) is 11.9. The van der Waals surface area contributed by atoms with Gasteiger partial charge in [0.25, 0.3) is 0 Å². The smallest absolute Gasteiger partial charge is 0.144 e. The fourth-order valence-electron chi connectivity index (χ4n) is 1.71. The third-order valence-corrected chi connectivity index (χ3v) is 2.64. The second kappa shape index (κ2) is 6.94. The number of rotatable bonds is 6. The van der Waals surface area contributed by atoms with E-state index in [2.05, 4.69) is 16.4 Å². The molecule has 1 aromatic heterocycles. The SMILES string of the molecule is COCC(CNc1nc(C)cc(C)c1C#N)OC. The number of aromatic nitrogens is 1. The van der Waals surface area contributed by atoms with Crippen LogP contribution in [-0.4, -0.2) is 38.5 Å². The molecule has 5 heteroatoms. The number of pyridine rings is 1. The summed E-state index contributed by atoms with van der Waals surface area (Å²) in [6, 6.07) is 4.06. The van der Waals surface area contributed by atoms with Crippen molar-refractivity contribution in [1.29, 1.82) is 5.26 Å². The first-order valence-corrected chi connectivity index (χ1v) is 5.76. The van der Waals surface area contributed by atoms with E-state index in [1.165, 1.54) is 0 Å². The summed E-state index contributed by atoms with van der Waals surface area (Å²) < 4.78 is 10.3. The fourth-order valence-corrected chi connectivity index (χ4v) is 1.71. The van der Waals surface area contributed by atoms with E-state index in [1.54, 1.807) is 14.2 Å². The minimum atomic E-state index is -0.0656. The summed E-state index contributed by atoms with van der Waals surface area (Å²) in [6.45, 7) is 4.86. The van der Waals surface area contributed by atoms with Crippen LogP contribution in [0.5, 0.6) is 0 Å². The molecule has 1 rings (SSSR count). The summed E-state index contributed by atoms with van der Waals surface area (Å²) in [5.41, 5.74) is 2.38. The van der Waals surface area contributed by atoms with Gasteiger partial charge in [-0.3, -0.25) is 0 Å². The van der Waals surface area contributed by atoms with Crippen LogP contribution < -0.4 is 5.32 Å². The monoisotopic (exact) mass is 249 g/mol. The molecule has 0 aliphatic carbocycles. The molecule has 5 nitrogen and oxygen atoms in total. The van der Waals surface area contributed by atoms with Crippen LogP contribution in [0.3, 0.4) is 0 Å². The third-order valence-electron chi connectivity index (χ3n) is 2.64. The van der Waals surface area contributed by atoms with Crippen molar-refractivity contribution in [2.24, 2.45) is 0 Å². The predicted octanol–water partition coefficient (Wildman–Crippen LogP) is 1.64. The highest BCUT2D eigenvalue weighted by Gasteiger charge is 2.11. The second-order valence-corrected chi connectivity index (χ2v) is 4.11. The molecule has 18 heavy (non-hydrogen) atoms. The summed E-state index contributed by atoms with van der Waals surface area (Å²) in [5.74, 6) is 0.605. The minimum absolute atomic E-state index is 0.0656. The van der Waals surface area contributed by atoms with E-state index in [0.29, 0.717) is 24.5 Å². The van der Waals surface area contributed by atoms with Crippen LogP contribution in [0, 0.1) is 25.2 Å². The van der Waals surface area contributed by atoms with E-state index in [-0.39, 0.29) is 6.10 Å². The predicted molar refractivity (Wildman–Crippen MR) is 69.6 cm³/mol. The van der Waals surface area contributed by atoms with Crippen molar-refractivity contribution in [3.63, 3.8) is 0 Å². The van der Waals surface area contributed by atoms with Gasteiger partial charge < -0.3 is 14.8 Å². The molecule has 1 unspecified atom stereocenters. The van der Waals surface area contributed by atoms with Crippen LogP contribution in [0.15, 0.2) is 6.07 Å². The van der Waals surface area contributed by atoms with Crippen molar-refractivity contribution >= 4 is 5.82 Å². The van der Waals surface area contributed by atoms with E-state index in [0.717, 1.165) is 11.3 Å². The van der Waals surface area contributed by atoms with Crippen molar-refractivity contribution in [1.82, 2.24) is 4.98 Å². The molecule has 0 bridgehead atoms. The Bertz CT molecular complexity index is 441. The van der Waals surface area contributed by atoms with Crippen molar-refractivity contribution in [2.45, 2.75) is 20.0 Å². The first-order valence-electron chi connectivity index (χ1n) is 5.76. The zero-order chi connectivity index (χ0) is 13.5. The Morgan fingerprint density at radius 2 is 2.17 bits per heavy atom. The van der Waals surface area contributed by atoms with Gasteiger partial charge in [-0.2, -0.15) is 5.26 Å². The number of ether oxygens (including phenoxy) is 2. The van der Waals surface area contributed by atoms with Gasteiger partial charge in [0.1, 0.15) is 11.9 Å². The number of nitriles is 1. The zero-order valence-corrected chi connectivity index (χ0v) is 11.3. The van der Waals surface area contributed by atoms with E-state index in [4.69, 9.17) is 14.7 Å². The largest absolute Gasteiger partial charge is 0.382 e. The van der Waals surface area contributed by atoms with Gasteiger partial charge in [-0.05, 0) is 25.5 Å². The molecule has 0 fully saturated rings. The maximum Gasteiger partial charge on any atom is 0.144 e. The number of hydrogen-bond donors (Lipinski definition) is 1. The second-order valence-electron chi connectivity index (χ2n) is 4.11. The number of hydrogen-bond acceptors (Lipinski definition) is 5. The van der Waals surface area contributed by atoms with Crippen molar-refractivity contribution in [3.05, 3.63) is 22.9 Å². The maximum absolute atomic E-state index is 9.13. The summed E-state index contributed by atoms with van der Waals surface area (Å²) >= 11 is 0. The van der Waals surface area contributed by atoms with Crippen LogP contribution in [0.1, 0.15) is 16.8 Å². The van der Waals surface area contributed by atoms with E-state index in [9.17, 15) is 0 Å². The van der Waals surface area contributed by atoms with Crippen molar-refractivity contribution in [3.8, 4) is 6.07 Å². The van der Waals surface area contributed by atoms with Gasteiger partial charge in [-0.15, -0.1) is 0 Å². The lowest BCUT2D eigenvalue weighted by atomic mass is 10.1. The highest BCUT2D eigenvalue weighted by molar-refractivity contribution is 5.56. The maximum atomic E-state index is 9.13. The number of nitrogens with zero attached hydrogens (tertiary/aromatic N) is 2. The molecule has 0 saturated carbocycles. The topological polar surface area (TPSA) is 67.2 Å². The van der Waals surface area contributed by atoms with Crippen LogP contribution >= 0.6 is 0 Å². The first-order chi connectivity index (χ1) is 8.62. The van der Waals surface area contributed by atoms with Gasteiger partial charge >= 0.3 is 0 Å². The van der Waals surface area contributed by atoms with E-state index in [1.807, 2.05) is 19.9 Å². The lowest BCUT2D eigenvalue weighted by molar-refractivity contribution is 0.0365. The van der Waals surface area contributed by atoms with Crippen molar-refractivity contribution in [2.75, 3.05) is 32.7 Å². The summed E-state index contributed by atoms with van der Waals surface area (Å²) in [7, 11) is 3.26. The molecule has 0 saturated heterocycles. The molecule has 0 aromatic carbocycles. The standard InChI is InChI=1S/C13H19N3O2/c1-9-5-10(2)16-13(12(9)6-14)15-7-11(18-4)8-17-3/h5,11H,7-8H2,1-4H3,(H,15,16). The van der Waals surface area contributed by atoms with Gasteiger partial charge in [0.2, 0.25) is 0 Å². The summed E-state index contributed by atoms with van der Waals surface area (Å²) in [6.07, 6.45) is -0.0656. The average Bonchev–Trinajstić information content (AvgIpc) is 2.33. The average molecular weight is 249 g/mol. The lowest BCUT2D eigenvalue weighted by Gasteiger charge is -2.16. The van der Waals surface area contributed by atoms with E-state index < -0.39 is 0 Å². The molecule has 0 amide bonds. The fraction of sp³-hybridized carbons (Fsp3) is 0.538. The first kappa shape index (κ1) is 14.4. The van der Waals surface area contributed by atoms with Crippen LogP contribution in [0.4, 0.5) is 5.82 Å². The number of anilines is 1. The minimum Gasteiger partial charge on any atom is -0.382 e. The Hall–Kier alpha value is -1.64. The highest BCUT2D eigenvalue weighted by atomic mass is 16.5. The highest BCUT2D eigenvalue weighted by Crippen LogP contribution is 2.17. The molecule has 1 atom stereocenters. The van der Waals surface area contributed by atoms with Gasteiger partial charge in [0.05, 0.1) is 18.3 Å². The van der Waals surface area contributed by atoms with Crippen LogP contribution in [0.25, 0.3) is 0 Å². The Labute approximate surface area is 108 Å². The molecule has 0 aliphatic heterocycles. The molecule has 1 N–H and O–H groups in total. The van der Waals surface area contributed by atoms with Crippen molar-refractivity contribution < 1.29 is 9.47 Å². The Balaban J connectivity index is 2.81. The lowest BCUT2D eigenvalue weighted by Crippen LogP contribution is -2.27. The summed E-state index contributed by atoms with van der Waals surface area (Å²) in [5, 5.41) is 12.3. The number of aryl methyl sites for hydroxylation is 2. The Morgan fingerprint density at radius 3 is 2.72 bits per heavy atom. The zero-order valence-electron chi connectivity index (χ0n) is 11.3. The summed E-state index contributed by atoms with van der Waals surface area (Å²) in [4.78, 5) is 4.34. The molecule has 98 valence electrons. The molecule has 1 heterocycles. The quantitative estimate of drug-likeness (QED) is 0.830. The van der Waals surface area contributed by atoms with E-state index >= 15 is 0 Å². The molecule has 0 aliphatic rings. The molecule has 1 aromatic rings. The molecule has 0 radical (unpaired) electrons. The molecular weight excluding hydrogens is 230 g/mol. The van der Waals surface area contributed by atoms with Crippen LogP contribution in [0.2, 0.25) is 0 Å². The Kier molecular flexibility index (Phi) is 5.56. The van der Waals surface area contributed by atoms with Gasteiger partial charge in [-0.1, -0.05) is 0 Å². The third kappa shape index (κ3) is 3.69. The Morgan fingerprint density at radius 1 is 1.44 bits per heavy atom. The number of nitrogens with one attached hydrogen (secondary N) is 1.